The lowest BCUT2D eigenvalue weighted by atomic mass is 9.47. The molecule has 0 heterocycles. The van der Waals surface area contributed by atoms with E-state index in [1.165, 1.54) is 38.5 Å². The molecule has 0 aliphatic heterocycles. The molecule has 5 N–H and O–H groups in total. The number of aliphatic hydroxyl groups is 5. The molecule has 5 aliphatic carbocycles. The summed E-state index contributed by atoms with van der Waals surface area (Å²) in [5.41, 5.74) is -1.96. The summed E-state index contributed by atoms with van der Waals surface area (Å²) in [6, 6.07) is 0.248. The molecule has 0 bridgehead atoms. The average Bonchev–Trinajstić information content (AvgIpc) is 2.87. The highest BCUT2D eigenvalue weighted by Gasteiger charge is 2.67. The predicted molar refractivity (Wildman–Crippen MR) is 150 cm³/mol. The normalized spacial score (nSPS) is 49.7. The van der Waals surface area contributed by atoms with Crippen molar-refractivity contribution < 1.29 is 30.3 Å². The van der Waals surface area contributed by atoms with Gasteiger partial charge in [-0.15, -0.1) is 0 Å². The highest BCUT2D eigenvalue weighted by molar-refractivity contribution is 5.92. The molecule has 5 rings (SSSR count). The number of carbonyl (C=O) groups is 1. The topological polar surface area (TPSA) is 121 Å². The molecule has 0 saturated heterocycles. The first-order valence-electron chi connectivity index (χ1n) is 16.1. The highest BCUT2D eigenvalue weighted by atomic mass is 16.4. The Kier molecular flexibility index (Phi) is 8.90. The first kappa shape index (κ1) is 29.9. The van der Waals surface area contributed by atoms with E-state index in [2.05, 4.69) is 19.0 Å². The van der Waals surface area contributed by atoms with Crippen LogP contribution >= 0.6 is 0 Å². The monoisotopic (exact) mass is 549 g/mol. The van der Waals surface area contributed by atoms with Crippen molar-refractivity contribution in [2.24, 2.45) is 53.3 Å². The van der Waals surface area contributed by atoms with Crippen LogP contribution in [-0.2, 0) is 4.79 Å². The third kappa shape index (κ3) is 5.16. The molecular formula is C32H55NO6. The maximum atomic E-state index is 13.6. The standard InChI is InChI=1S/C32H55NO6/c1-17-13-22-14-21-15-23-24(33(3)4)16-20(12-8-11-19-9-6-5-7-10-19)28(35)27(23)29(36)26(21)31(38)32(22,39)30(37)25(17)18(2)34/h17-29,31,34-36,38-39H,5-16H2,1-4H3/t17?,18?,20?,21-,22-,23?,24?,25?,26?,27?,28?,29?,31?,32-/m1/s1. The fraction of sp³-hybridized carbons (Fsp3) is 0.969. The van der Waals surface area contributed by atoms with Crippen molar-refractivity contribution >= 4 is 5.78 Å². The minimum atomic E-state index is -1.96. The maximum absolute atomic E-state index is 13.6. The zero-order chi connectivity index (χ0) is 28.2. The van der Waals surface area contributed by atoms with E-state index in [9.17, 15) is 30.3 Å². The van der Waals surface area contributed by atoms with Gasteiger partial charge in [-0.2, -0.15) is 0 Å². The molecule has 0 aromatic heterocycles. The average molecular weight is 550 g/mol. The van der Waals surface area contributed by atoms with E-state index in [1.807, 2.05) is 6.92 Å². The fourth-order valence-corrected chi connectivity index (χ4v) is 10.5. The van der Waals surface area contributed by atoms with E-state index in [-0.39, 0.29) is 41.5 Å². The van der Waals surface area contributed by atoms with Gasteiger partial charge in [0, 0.05) is 23.8 Å². The van der Waals surface area contributed by atoms with Crippen LogP contribution in [-0.4, -0.2) is 86.4 Å². The van der Waals surface area contributed by atoms with Gasteiger partial charge in [-0.05, 0) is 88.6 Å². The van der Waals surface area contributed by atoms with Crippen LogP contribution in [0.2, 0.25) is 0 Å². The summed E-state index contributed by atoms with van der Waals surface area (Å²) in [5.74, 6) is -1.68. The SMILES string of the molecule is CC(O)C1C(=O)[C@@]2(O)C(O)C3C(O)C4C(O)C(CCCC5CCCCC5)CC(N(C)C)C4C[C@H]3C[C@H]2CC1C. The molecule has 224 valence electrons. The molecule has 14 atom stereocenters. The first-order valence-corrected chi connectivity index (χ1v) is 16.1. The second-order valence-corrected chi connectivity index (χ2v) is 14.8. The summed E-state index contributed by atoms with van der Waals surface area (Å²) < 4.78 is 0. The number of Topliss-reactive ketones (excluding diaryl/α,β-unsaturated/α-hetero) is 1. The lowest BCUT2D eigenvalue weighted by Crippen LogP contribution is -2.72. The fourth-order valence-electron chi connectivity index (χ4n) is 10.5. The van der Waals surface area contributed by atoms with Crippen molar-refractivity contribution in [1.29, 1.82) is 0 Å². The Morgan fingerprint density at radius 1 is 0.949 bits per heavy atom. The summed E-state index contributed by atoms with van der Waals surface area (Å²) >= 11 is 0. The van der Waals surface area contributed by atoms with Crippen molar-refractivity contribution in [2.45, 2.75) is 127 Å². The second-order valence-electron chi connectivity index (χ2n) is 14.8. The van der Waals surface area contributed by atoms with E-state index < -0.39 is 47.6 Å². The van der Waals surface area contributed by atoms with Crippen LogP contribution in [0.1, 0.15) is 90.9 Å². The Morgan fingerprint density at radius 2 is 1.64 bits per heavy atom. The Morgan fingerprint density at radius 3 is 2.28 bits per heavy atom. The van der Waals surface area contributed by atoms with Gasteiger partial charge in [-0.3, -0.25) is 4.79 Å². The number of aliphatic hydroxyl groups excluding tert-OH is 4. The molecule has 0 spiro atoms. The van der Waals surface area contributed by atoms with Crippen molar-refractivity contribution in [3.8, 4) is 0 Å². The van der Waals surface area contributed by atoms with Gasteiger partial charge in [-0.25, -0.2) is 0 Å². The lowest BCUT2D eigenvalue weighted by Gasteiger charge is -2.61. The molecule has 11 unspecified atom stereocenters. The van der Waals surface area contributed by atoms with Gasteiger partial charge in [0.15, 0.2) is 11.4 Å². The summed E-state index contributed by atoms with van der Waals surface area (Å²) in [6.45, 7) is 3.53. The molecule has 7 heteroatoms. The van der Waals surface area contributed by atoms with Crippen LogP contribution in [0.3, 0.4) is 0 Å². The number of hydrogen-bond acceptors (Lipinski definition) is 7. The quantitative estimate of drug-likeness (QED) is 0.345. The molecule has 5 aliphatic rings. The number of nitrogens with zero attached hydrogens (tertiary/aromatic N) is 1. The van der Waals surface area contributed by atoms with Gasteiger partial charge >= 0.3 is 0 Å². The summed E-state index contributed by atoms with van der Waals surface area (Å²) in [6.07, 6.45) is 8.90. The molecule has 0 aromatic rings. The minimum absolute atomic E-state index is 0.0119. The number of rotatable bonds is 6. The van der Waals surface area contributed by atoms with Gasteiger partial charge in [0.2, 0.25) is 0 Å². The number of carbonyl (C=O) groups excluding carboxylic acids is 1. The van der Waals surface area contributed by atoms with E-state index in [1.54, 1.807) is 6.92 Å². The molecule has 0 radical (unpaired) electrons. The minimum Gasteiger partial charge on any atom is -0.393 e. The van der Waals surface area contributed by atoms with Gasteiger partial charge < -0.3 is 30.4 Å². The number of hydrogen-bond donors (Lipinski definition) is 5. The Hall–Kier alpha value is -0.570. The Balaban J connectivity index is 1.36. The predicted octanol–water partition coefficient (Wildman–Crippen LogP) is 3.00. The zero-order valence-electron chi connectivity index (χ0n) is 24.7. The smallest absolute Gasteiger partial charge is 0.173 e. The molecule has 0 aromatic carbocycles. The van der Waals surface area contributed by atoms with Crippen LogP contribution < -0.4 is 0 Å². The number of fused-ring (bicyclic) bond motifs is 3. The van der Waals surface area contributed by atoms with Crippen molar-refractivity contribution in [1.82, 2.24) is 4.90 Å². The van der Waals surface area contributed by atoms with Crippen molar-refractivity contribution in [3.63, 3.8) is 0 Å². The Bertz CT molecular complexity index is 860. The van der Waals surface area contributed by atoms with Crippen LogP contribution in [0, 0.1) is 53.3 Å². The molecule has 39 heavy (non-hydrogen) atoms. The van der Waals surface area contributed by atoms with Gasteiger partial charge in [0.25, 0.3) is 0 Å². The molecule has 5 fully saturated rings. The second kappa shape index (κ2) is 11.6. The van der Waals surface area contributed by atoms with E-state index in [0.717, 1.165) is 31.6 Å². The van der Waals surface area contributed by atoms with Gasteiger partial charge in [-0.1, -0.05) is 51.9 Å². The highest BCUT2D eigenvalue weighted by Crippen LogP contribution is 2.58. The van der Waals surface area contributed by atoms with E-state index >= 15 is 0 Å². The lowest BCUT2D eigenvalue weighted by molar-refractivity contribution is -0.244. The third-order valence-electron chi connectivity index (χ3n) is 12.4. The van der Waals surface area contributed by atoms with Crippen LogP contribution in [0.25, 0.3) is 0 Å². The van der Waals surface area contributed by atoms with Crippen molar-refractivity contribution in [3.05, 3.63) is 0 Å². The van der Waals surface area contributed by atoms with Crippen LogP contribution in [0.5, 0.6) is 0 Å². The summed E-state index contributed by atoms with van der Waals surface area (Å²) in [7, 11) is 4.20. The van der Waals surface area contributed by atoms with Gasteiger partial charge in [0.1, 0.15) is 0 Å². The van der Waals surface area contributed by atoms with Crippen molar-refractivity contribution in [2.75, 3.05) is 14.1 Å². The molecule has 5 saturated carbocycles. The van der Waals surface area contributed by atoms with Crippen LogP contribution in [0.15, 0.2) is 0 Å². The van der Waals surface area contributed by atoms with E-state index in [4.69, 9.17) is 0 Å². The Labute approximate surface area is 235 Å². The molecule has 0 amide bonds. The molecular weight excluding hydrogens is 494 g/mol. The first-order chi connectivity index (χ1) is 18.5. The maximum Gasteiger partial charge on any atom is 0.173 e. The zero-order valence-corrected chi connectivity index (χ0v) is 24.7. The summed E-state index contributed by atoms with van der Waals surface area (Å²) in [4.78, 5) is 15.9. The van der Waals surface area contributed by atoms with Crippen LogP contribution in [0.4, 0.5) is 0 Å². The molecule has 7 nitrogen and oxygen atoms in total. The summed E-state index contributed by atoms with van der Waals surface area (Å²) in [5, 5.41) is 57.5. The third-order valence-corrected chi connectivity index (χ3v) is 12.4. The largest absolute Gasteiger partial charge is 0.393 e. The van der Waals surface area contributed by atoms with Gasteiger partial charge in [0.05, 0.1) is 24.4 Å². The van der Waals surface area contributed by atoms with E-state index in [0.29, 0.717) is 12.8 Å². The number of ketones is 1.